The molecule has 0 aliphatic heterocycles. The Morgan fingerprint density at radius 1 is 1.21 bits per heavy atom. The average molecular weight is 367 g/mol. The normalized spacial score (nSPS) is 10.6. The number of nitrogens with zero attached hydrogens (tertiary/aromatic N) is 2. The second-order valence-electron chi connectivity index (χ2n) is 4.59. The molecule has 2 aromatic carbocycles. The van der Waals surface area contributed by atoms with Gasteiger partial charge in [-0.25, -0.2) is 5.43 Å². The van der Waals surface area contributed by atoms with E-state index in [2.05, 4.69) is 15.8 Å². The van der Waals surface area contributed by atoms with Crippen LogP contribution >= 0.6 is 23.2 Å². The molecule has 0 spiro atoms. The number of nitro groups is 1. The zero-order valence-electron chi connectivity index (χ0n) is 12.2. The maximum Gasteiger partial charge on any atom is 0.288 e. The molecule has 9 heteroatoms. The van der Waals surface area contributed by atoms with Crippen LogP contribution in [0.2, 0.25) is 10.0 Å². The molecular weight excluding hydrogens is 355 g/mol. The van der Waals surface area contributed by atoms with Crippen molar-refractivity contribution in [1.29, 1.82) is 0 Å². The topological polar surface area (TPSA) is 96.6 Å². The molecular formula is C15H12Cl2N4O3. The van der Waals surface area contributed by atoms with Crippen LogP contribution < -0.4 is 10.7 Å². The standard InChI is InChI=1S/C15H12Cl2N4O3/c16-11-3-1-2-4-13(11)18-9-15(22)20-19-8-10-5-6-12(17)14(7-10)21(23)24/h1-8,18H,9H2,(H,20,22)/b19-8+. The molecule has 0 aliphatic rings. The molecule has 0 fully saturated rings. The van der Waals surface area contributed by atoms with E-state index in [0.717, 1.165) is 0 Å². The van der Waals surface area contributed by atoms with E-state index >= 15 is 0 Å². The average Bonchev–Trinajstić information content (AvgIpc) is 2.55. The number of amides is 1. The number of hydrazone groups is 1. The number of anilines is 1. The molecule has 2 aromatic rings. The zero-order chi connectivity index (χ0) is 17.5. The van der Waals surface area contributed by atoms with E-state index in [-0.39, 0.29) is 17.3 Å². The van der Waals surface area contributed by atoms with E-state index in [0.29, 0.717) is 16.3 Å². The number of hydrogen-bond donors (Lipinski definition) is 2. The predicted molar refractivity (Wildman–Crippen MR) is 93.8 cm³/mol. The molecule has 0 heterocycles. The molecule has 1 amide bonds. The summed E-state index contributed by atoms with van der Waals surface area (Å²) in [7, 11) is 0. The smallest absolute Gasteiger partial charge is 0.288 e. The van der Waals surface area contributed by atoms with Gasteiger partial charge in [0.25, 0.3) is 11.6 Å². The molecule has 0 saturated heterocycles. The molecule has 7 nitrogen and oxygen atoms in total. The lowest BCUT2D eigenvalue weighted by Gasteiger charge is -2.06. The summed E-state index contributed by atoms with van der Waals surface area (Å²) in [5, 5.41) is 17.9. The van der Waals surface area contributed by atoms with Gasteiger partial charge in [0.2, 0.25) is 0 Å². The summed E-state index contributed by atoms with van der Waals surface area (Å²) >= 11 is 11.7. The highest BCUT2D eigenvalue weighted by molar-refractivity contribution is 6.33. The second-order valence-corrected chi connectivity index (χ2v) is 5.41. The summed E-state index contributed by atoms with van der Waals surface area (Å²) in [4.78, 5) is 21.9. The number of hydrogen-bond acceptors (Lipinski definition) is 5. The van der Waals surface area contributed by atoms with Gasteiger partial charge < -0.3 is 5.32 Å². The lowest BCUT2D eigenvalue weighted by Crippen LogP contribution is -2.25. The third-order valence-corrected chi connectivity index (χ3v) is 3.53. The van der Waals surface area contributed by atoms with E-state index in [1.54, 1.807) is 30.3 Å². The summed E-state index contributed by atoms with van der Waals surface area (Å²) in [6.45, 7) is -0.0260. The summed E-state index contributed by atoms with van der Waals surface area (Å²) in [6, 6.07) is 11.2. The molecule has 0 bridgehead atoms. The number of para-hydroxylation sites is 1. The SMILES string of the molecule is O=C(CNc1ccccc1Cl)N/N=C/c1ccc(Cl)c([N+](=O)[O-])c1. The van der Waals surface area contributed by atoms with Crippen LogP contribution in [0.3, 0.4) is 0 Å². The Hall–Kier alpha value is -2.64. The molecule has 24 heavy (non-hydrogen) atoms. The maximum atomic E-state index is 11.7. The van der Waals surface area contributed by atoms with Crippen molar-refractivity contribution in [2.45, 2.75) is 0 Å². The van der Waals surface area contributed by atoms with Crippen LogP contribution in [0.5, 0.6) is 0 Å². The van der Waals surface area contributed by atoms with Crippen LogP contribution in [0.15, 0.2) is 47.6 Å². The molecule has 0 atom stereocenters. The Labute approximate surface area is 147 Å². The molecule has 0 saturated carbocycles. The van der Waals surface area contributed by atoms with Crippen molar-refractivity contribution in [2.75, 3.05) is 11.9 Å². The summed E-state index contributed by atoms with van der Waals surface area (Å²) in [5.74, 6) is -0.394. The Morgan fingerprint density at radius 2 is 1.96 bits per heavy atom. The van der Waals surface area contributed by atoms with Crippen molar-refractivity contribution >= 4 is 46.7 Å². The fraction of sp³-hybridized carbons (Fsp3) is 0.0667. The third kappa shape index (κ3) is 4.94. The minimum absolute atomic E-state index is 0.0260. The van der Waals surface area contributed by atoms with Crippen molar-refractivity contribution in [3.05, 3.63) is 68.2 Å². The van der Waals surface area contributed by atoms with Crippen molar-refractivity contribution < 1.29 is 9.72 Å². The van der Waals surface area contributed by atoms with Gasteiger partial charge in [0.15, 0.2) is 0 Å². The number of nitrogens with one attached hydrogen (secondary N) is 2. The van der Waals surface area contributed by atoms with Crippen LogP contribution in [0.4, 0.5) is 11.4 Å². The fourth-order valence-corrected chi connectivity index (χ4v) is 2.14. The van der Waals surface area contributed by atoms with E-state index in [4.69, 9.17) is 23.2 Å². The predicted octanol–water partition coefficient (Wildman–Crippen LogP) is 3.46. The highest BCUT2D eigenvalue weighted by Gasteiger charge is 2.11. The number of carbonyl (C=O) groups is 1. The Morgan fingerprint density at radius 3 is 2.67 bits per heavy atom. The molecule has 2 rings (SSSR count). The summed E-state index contributed by atoms with van der Waals surface area (Å²) in [5.41, 5.74) is 3.14. The second kappa shape index (κ2) is 8.28. The van der Waals surface area contributed by atoms with Gasteiger partial charge >= 0.3 is 0 Å². The number of carbonyl (C=O) groups excluding carboxylic acids is 1. The first kappa shape index (κ1) is 17.7. The highest BCUT2D eigenvalue weighted by Crippen LogP contribution is 2.24. The number of benzene rings is 2. The van der Waals surface area contributed by atoms with Gasteiger partial charge in [0.05, 0.1) is 28.4 Å². The summed E-state index contributed by atoms with van der Waals surface area (Å²) < 4.78 is 0. The molecule has 124 valence electrons. The van der Waals surface area contributed by atoms with Gasteiger partial charge in [-0.05, 0) is 18.2 Å². The minimum Gasteiger partial charge on any atom is -0.375 e. The van der Waals surface area contributed by atoms with E-state index in [9.17, 15) is 14.9 Å². The lowest BCUT2D eigenvalue weighted by atomic mass is 10.2. The van der Waals surface area contributed by atoms with Crippen molar-refractivity contribution in [1.82, 2.24) is 5.43 Å². The van der Waals surface area contributed by atoms with Crippen LogP contribution in [0.1, 0.15) is 5.56 Å². The fourth-order valence-electron chi connectivity index (χ4n) is 1.75. The quantitative estimate of drug-likeness (QED) is 0.464. The molecule has 0 unspecified atom stereocenters. The first-order valence-electron chi connectivity index (χ1n) is 6.71. The number of nitro benzene ring substituents is 1. The highest BCUT2D eigenvalue weighted by atomic mass is 35.5. The largest absolute Gasteiger partial charge is 0.375 e. The first-order chi connectivity index (χ1) is 11.5. The van der Waals surface area contributed by atoms with Gasteiger partial charge in [-0.2, -0.15) is 5.10 Å². The molecule has 2 N–H and O–H groups in total. The van der Waals surface area contributed by atoms with Crippen molar-refractivity contribution in [3.63, 3.8) is 0 Å². The van der Waals surface area contributed by atoms with Gasteiger partial charge in [-0.1, -0.05) is 41.4 Å². The Bertz CT molecular complexity index is 796. The minimum atomic E-state index is -0.591. The molecule has 0 aliphatic carbocycles. The van der Waals surface area contributed by atoms with Gasteiger partial charge in [0, 0.05) is 11.6 Å². The number of rotatable bonds is 6. The van der Waals surface area contributed by atoms with Crippen LogP contribution in [0.25, 0.3) is 0 Å². The molecule has 0 aromatic heterocycles. The lowest BCUT2D eigenvalue weighted by molar-refractivity contribution is -0.384. The third-order valence-electron chi connectivity index (χ3n) is 2.88. The van der Waals surface area contributed by atoms with Crippen molar-refractivity contribution in [3.8, 4) is 0 Å². The summed E-state index contributed by atoms with van der Waals surface area (Å²) in [6.07, 6.45) is 1.29. The van der Waals surface area contributed by atoms with Gasteiger partial charge in [-0.3, -0.25) is 14.9 Å². The van der Waals surface area contributed by atoms with Crippen LogP contribution in [0, 0.1) is 10.1 Å². The molecule has 0 radical (unpaired) electrons. The first-order valence-corrected chi connectivity index (χ1v) is 7.47. The zero-order valence-corrected chi connectivity index (χ0v) is 13.7. The van der Waals surface area contributed by atoms with E-state index in [1.807, 2.05) is 0 Å². The van der Waals surface area contributed by atoms with Crippen LogP contribution in [-0.2, 0) is 4.79 Å². The van der Waals surface area contributed by atoms with Crippen LogP contribution in [-0.4, -0.2) is 23.6 Å². The maximum absolute atomic E-state index is 11.7. The van der Waals surface area contributed by atoms with Gasteiger partial charge in [0.1, 0.15) is 5.02 Å². The number of halogens is 2. The van der Waals surface area contributed by atoms with Gasteiger partial charge in [-0.15, -0.1) is 0 Å². The Balaban J connectivity index is 1.90. The van der Waals surface area contributed by atoms with E-state index in [1.165, 1.54) is 18.3 Å². The van der Waals surface area contributed by atoms with E-state index < -0.39 is 10.8 Å². The monoisotopic (exact) mass is 366 g/mol. The van der Waals surface area contributed by atoms with Crippen molar-refractivity contribution in [2.24, 2.45) is 5.10 Å². The Kier molecular flexibility index (Phi) is 6.11.